The lowest BCUT2D eigenvalue weighted by molar-refractivity contribution is -0.136. The second-order valence-corrected chi connectivity index (χ2v) is 8.91. The number of methoxy groups -OCH3 is 2. The third-order valence-corrected chi connectivity index (χ3v) is 6.84. The predicted molar refractivity (Wildman–Crippen MR) is 131 cm³/mol. The van der Waals surface area contributed by atoms with Crippen LogP contribution in [0.1, 0.15) is 24.0 Å². The van der Waals surface area contributed by atoms with Gasteiger partial charge >= 0.3 is 0 Å². The Bertz CT molecular complexity index is 1150. The van der Waals surface area contributed by atoms with Gasteiger partial charge in [0.1, 0.15) is 0 Å². The van der Waals surface area contributed by atoms with E-state index in [1.165, 1.54) is 5.56 Å². The summed E-state index contributed by atoms with van der Waals surface area (Å²) in [7, 11) is 3.29. The van der Waals surface area contributed by atoms with Crippen LogP contribution in [0, 0.1) is 5.92 Å². The average molecular weight is 459 g/mol. The highest BCUT2D eigenvalue weighted by Gasteiger charge is 2.32. The second-order valence-electron chi connectivity index (χ2n) is 8.91. The van der Waals surface area contributed by atoms with Gasteiger partial charge in [0.05, 0.1) is 25.8 Å². The number of benzene rings is 2. The van der Waals surface area contributed by atoms with Crippen LogP contribution >= 0.6 is 0 Å². The van der Waals surface area contributed by atoms with Crippen LogP contribution in [0.15, 0.2) is 54.6 Å². The molecule has 0 bridgehead atoms. The van der Waals surface area contributed by atoms with Gasteiger partial charge in [0.2, 0.25) is 5.91 Å². The highest BCUT2D eigenvalue weighted by molar-refractivity contribution is 5.80. The fourth-order valence-corrected chi connectivity index (χ4v) is 4.97. The minimum absolute atomic E-state index is 0.0361. The lowest BCUT2D eigenvalue weighted by Gasteiger charge is -2.37. The van der Waals surface area contributed by atoms with E-state index >= 15 is 0 Å². The molecule has 3 aromatic rings. The number of amides is 1. The van der Waals surface area contributed by atoms with E-state index in [0.29, 0.717) is 18.8 Å². The lowest BCUT2D eigenvalue weighted by Crippen LogP contribution is -2.46. The molecule has 2 aromatic carbocycles. The largest absolute Gasteiger partial charge is 0.493 e. The van der Waals surface area contributed by atoms with Crippen molar-refractivity contribution >= 4 is 11.7 Å². The average Bonchev–Trinajstić information content (AvgIpc) is 2.92. The molecule has 0 N–H and O–H groups in total. The number of ether oxygens (including phenoxy) is 2. The Morgan fingerprint density at radius 3 is 2.41 bits per heavy atom. The molecule has 0 saturated carbocycles. The molecule has 34 heavy (non-hydrogen) atoms. The first-order valence-corrected chi connectivity index (χ1v) is 11.8. The summed E-state index contributed by atoms with van der Waals surface area (Å²) in [5.41, 5.74) is 4.26. The molecule has 3 heterocycles. The molecule has 1 unspecified atom stereocenters. The van der Waals surface area contributed by atoms with Crippen molar-refractivity contribution in [3.8, 4) is 22.8 Å². The van der Waals surface area contributed by atoms with Crippen molar-refractivity contribution in [1.82, 2.24) is 15.1 Å². The van der Waals surface area contributed by atoms with Crippen molar-refractivity contribution < 1.29 is 14.3 Å². The van der Waals surface area contributed by atoms with Crippen molar-refractivity contribution in [3.63, 3.8) is 0 Å². The second kappa shape index (κ2) is 9.71. The normalized spacial score (nSPS) is 17.8. The number of piperidine rings is 1. The standard InChI is InChI=1S/C27H30N4O3/c1-33-24-15-20-12-14-31(18-22(20)16-25(24)34-2)27(32)21-9-6-13-30(17-21)26-11-10-23(28-29-26)19-7-4-3-5-8-19/h3-5,7-8,10-11,15-16,21H,6,9,12-14,17-18H2,1-2H3. The van der Waals surface area contributed by atoms with E-state index in [1.54, 1.807) is 14.2 Å². The van der Waals surface area contributed by atoms with Gasteiger partial charge in [0, 0.05) is 31.7 Å². The Kier molecular flexibility index (Phi) is 6.34. The number of aromatic nitrogens is 2. The first kappa shape index (κ1) is 22.2. The van der Waals surface area contributed by atoms with Crippen molar-refractivity contribution in [2.24, 2.45) is 5.92 Å². The van der Waals surface area contributed by atoms with Crippen LogP contribution in [0.4, 0.5) is 5.82 Å². The predicted octanol–water partition coefficient (Wildman–Crippen LogP) is 3.96. The highest BCUT2D eigenvalue weighted by Crippen LogP contribution is 2.34. The van der Waals surface area contributed by atoms with Crippen molar-refractivity contribution in [2.45, 2.75) is 25.8 Å². The molecule has 1 atom stereocenters. The molecule has 1 amide bonds. The summed E-state index contributed by atoms with van der Waals surface area (Å²) in [5.74, 6) is 2.46. The molecule has 5 rings (SSSR count). The van der Waals surface area contributed by atoms with Crippen LogP contribution in [0.2, 0.25) is 0 Å². The number of carbonyl (C=O) groups excluding carboxylic acids is 1. The van der Waals surface area contributed by atoms with Crippen LogP contribution < -0.4 is 14.4 Å². The summed E-state index contributed by atoms with van der Waals surface area (Å²) in [5, 5.41) is 8.91. The summed E-state index contributed by atoms with van der Waals surface area (Å²) in [6.07, 6.45) is 2.69. The van der Waals surface area contributed by atoms with Crippen LogP contribution in [0.3, 0.4) is 0 Å². The monoisotopic (exact) mass is 458 g/mol. The molecular formula is C27H30N4O3. The molecule has 2 aliphatic heterocycles. The van der Waals surface area contributed by atoms with Gasteiger partial charge in [-0.25, -0.2) is 0 Å². The van der Waals surface area contributed by atoms with Gasteiger partial charge < -0.3 is 19.3 Å². The summed E-state index contributed by atoms with van der Waals surface area (Å²) in [6.45, 7) is 2.90. The van der Waals surface area contributed by atoms with E-state index in [4.69, 9.17) is 9.47 Å². The van der Waals surface area contributed by atoms with Crippen LogP contribution in [0.25, 0.3) is 11.3 Å². The van der Waals surface area contributed by atoms with Crippen molar-refractivity contribution in [1.29, 1.82) is 0 Å². The maximum Gasteiger partial charge on any atom is 0.227 e. The first-order chi connectivity index (χ1) is 16.7. The van der Waals surface area contributed by atoms with Gasteiger partial charge in [-0.05, 0) is 54.7 Å². The van der Waals surface area contributed by atoms with E-state index in [-0.39, 0.29) is 11.8 Å². The smallest absolute Gasteiger partial charge is 0.227 e. The molecular weight excluding hydrogens is 428 g/mol. The molecule has 176 valence electrons. The van der Waals surface area contributed by atoms with Gasteiger partial charge in [-0.15, -0.1) is 10.2 Å². The summed E-state index contributed by atoms with van der Waals surface area (Å²) in [4.78, 5) is 17.7. The highest BCUT2D eigenvalue weighted by atomic mass is 16.5. The van der Waals surface area contributed by atoms with Crippen LogP contribution in [-0.2, 0) is 17.8 Å². The number of anilines is 1. The molecule has 1 aromatic heterocycles. The number of fused-ring (bicyclic) bond motifs is 1. The van der Waals surface area contributed by atoms with E-state index in [9.17, 15) is 4.79 Å². The number of rotatable bonds is 5. The lowest BCUT2D eigenvalue weighted by atomic mass is 9.93. The quantitative estimate of drug-likeness (QED) is 0.577. The minimum atomic E-state index is -0.0361. The van der Waals surface area contributed by atoms with Crippen LogP contribution in [0.5, 0.6) is 11.5 Å². The summed E-state index contributed by atoms with van der Waals surface area (Å²) in [6, 6.07) is 18.1. The summed E-state index contributed by atoms with van der Waals surface area (Å²) >= 11 is 0. The van der Waals surface area contributed by atoms with Crippen molar-refractivity contribution in [3.05, 3.63) is 65.7 Å². The van der Waals surface area contributed by atoms with Gasteiger partial charge in [-0.3, -0.25) is 4.79 Å². The molecule has 0 spiro atoms. The zero-order valence-electron chi connectivity index (χ0n) is 19.7. The van der Waals surface area contributed by atoms with Gasteiger partial charge in [0.25, 0.3) is 0 Å². The molecule has 1 saturated heterocycles. The zero-order chi connectivity index (χ0) is 23.5. The van der Waals surface area contributed by atoms with E-state index in [2.05, 4.69) is 15.1 Å². The van der Waals surface area contributed by atoms with E-state index < -0.39 is 0 Å². The number of hydrogen-bond acceptors (Lipinski definition) is 6. The molecule has 0 radical (unpaired) electrons. The Balaban J connectivity index is 1.26. The fourth-order valence-electron chi connectivity index (χ4n) is 4.97. The first-order valence-electron chi connectivity index (χ1n) is 11.8. The molecule has 7 nitrogen and oxygen atoms in total. The summed E-state index contributed by atoms with van der Waals surface area (Å²) < 4.78 is 10.9. The molecule has 7 heteroatoms. The van der Waals surface area contributed by atoms with Gasteiger partial charge in [0.15, 0.2) is 17.3 Å². The third-order valence-electron chi connectivity index (χ3n) is 6.84. The van der Waals surface area contributed by atoms with Gasteiger partial charge in [-0.1, -0.05) is 30.3 Å². The topological polar surface area (TPSA) is 67.8 Å². The minimum Gasteiger partial charge on any atom is -0.493 e. The van der Waals surface area contributed by atoms with Crippen molar-refractivity contribution in [2.75, 3.05) is 38.8 Å². The Morgan fingerprint density at radius 2 is 1.71 bits per heavy atom. The molecule has 2 aliphatic rings. The Labute approximate surface area is 200 Å². The van der Waals surface area contributed by atoms with Gasteiger partial charge in [-0.2, -0.15) is 0 Å². The number of carbonyl (C=O) groups is 1. The van der Waals surface area contributed by atoms with E-state index in [0.717, 1.165) is 60.7 Å². The maximum atomic E-state index is 13.5. The number of nitrogens with zero attached hydrogens (tertiary/aromatic N) is 4. The van der Waals surface area contributed by atoms with E-state index in [1.807, 2.05) is 59.5 Å². The third kappa shape index (κ3) is 4.42. The Hall–Kier alpha value is -3.61. The maximum absolute atomic E-state index is 13.5. The molecule has 0 aliphatic carbocycles. The Morgan fingerprint density at radius 1 is 0.941 bits per heavy atom. The SMILES string of the molecule is COc1cc2c(cc1OC)CN(C(=O)C1CCCN(c3ccc(-c4ccccc4)nn3)C1)CC2. The fraction of sp³-hybridized carbons (Fsp3) is 0.370. The van der Waals surface area contributed by atoms with Crippen LogP contribution in [-0.4, -0.2) is 54.9 Å². The number of hydrogen-bond donors (Lipinski definition) is 0. The molecule has 1 fully saturated rings. The zero-order valence-corrected chi connectivity index (χ0v) is 19.7.